The summed E-state index contributed by atoms with van der Waals surface area (Å²) in [6.45, 7) is 2.45. The number of aryl methyl sites for hydroxylation is 2. The van der Waals surface area contributed by atoms with Crippen LogP contribution in [0.3, 0.4) is 0 Å². The van der Waals surface area contributed by atoms with Crippen molar-refractivity contribution < 1.29 is 22.6 Å². The predicted molar refractivity (Wildman–Crippen MR) is 123 cm³/mol. The summed E-state index contributed by atoms with van der Waals surface area (Å²) in [6.07, 6.45) is 3.13. The van der Waals surface area contributed by atoms with Gasteiger partial charge in [0.25, 0.3) is 5.69 Å². The Morgan fingerprint density at radius 1 is 1.15 bits per heavy atom. The van der Waals surface area contributed by atoms with Gasteiger partial charge in [-0.25, -0.2) is 13.4 Å². The van der Waals surface area contributed by atoms with Gasteiger partial charge in [0.2, 0.25) is 5.91 Å². The van der Waals surface area contributed by atoms with Gasteiger partial charge in [-0.15, -0.1) is 0 Å². The van der Waals surface area contributed by atoms with Gasteiger partial charge in [-0.3, -0.25) is 14.9 Å². The van der Waals surface area contributed by atoms with E-state index in [1.165, 1.54) is 12.1 Å². The summed E-state index contributed by atoms with van der Waals surface area (Å²) < 4.78 is 28.9. The van der Waals surface area contributed by atoms with E-state index in [4.69, 9.17) is 4.42 Å². The third-order valence-electron chi connectivity index (χ3n) is 4.81. The molecule has 2 N–H and O–H groups in total. The molecule has 174 valence electrons. The largest absolute Gasteiger partial charge is 0.441 e. The minimum atomic E-state index is -3.56. The zero-order chi connectivity index (χ0) is 24.0. The van der Waals surface area contributed by atoms with Crippen molar-refractivity contribution >= 4 is 27.1 Å². The highest BCUT2D eigenvalue weighted by atomic mass is 32.2. The number of sulfone groups is 1. The normalized spacial score (nSPS) is 11.2. The Balaban J connectivity index is 1.46. The molecule has 0 bridgehead atoms. The summed E-state index contributed by atoms with van der Waals surface area (Å²) in [6, 6.07) is 11.5. The van der Waals surface area contributed by atoms with Crippen molar-refractivity contribution in [2.45, 2.75) is 24.7 Å². The molecule has 1 heterocycles. The first-order valence-corrected chi connectivity index (χ1v) is 12.0. The van der Waals surface area contributed by atoms with Gasteiger partial charge in [0.1, 0.15) is 5.69 Å². The molecule has 0 saturated heterocycles. The Hall–Kier alpha value is -3.73. The molecule has 0 unspecified atom stereocenters. The molecular formula is C22H24N4O6S. The molecule has 11 heteroatoms. The van der Waals surface area contributed by atoms with Crippen molar-refractivity contribution in [3.63, 3.8) is 0 Å². The van der Waals surface area contributed by atoms with E-state index in [1.54, 1.807) is 6.20 Å². The number of nitrogens with zero attached hydrogens (tertiary/aromatic N) is 2. The van der Waals surface area contributed by atoms with Crippen LogP contribution in [0.2, 0.25) is 0 Å². The Morgan fingerprint density at radius 2 is 1.88 bits per heavy atom. The summed E-state index contributed by atoms with van der Waals surface area (Å²) in [5.74, 6) is 0.882. The van der Waals surface area contributed by atoms with Crippen LogP contribution in [0.4, 0.5) is 11.4 Å². The molecule has 2 aromatic carbocycles. The molecular weight excluding hydrogens is 448 g/mol. The number of aromatic nitrogens is 1. The number of benzene rings is 2. The van der Waals surface area contributed by atoms with Crippen molar-refractivity contribution in [1.82, 2.24) is 10.3 Å². The molecule has 10 nitrogen and oxygen atoms in total. The summed E-state index contributed by atoms with van der Waals surface area (Å²) in [5.41, 5.74) is 1.88. The Morgan fingerprint density at radius 3 is 2.55 bits per heavy atom. The van der Waals surface area contributed by atoms with Crippen molar-refractivity contribution in [3.05, 3.63) is 70.2 Å². The van der Waals surface area contributed by atoms with Crippen LogP contribution < -0.4 is 10.6 Å². The lowest BCUT2D eigenvalue weighted by atomic mass is 10.1. The lowest BCUT2D eigenvalue weighted by Gasteiger charge is -2.09. The Labute approximate surface area is 191 Å². The molecule has 0 aliphatic heterocycles. The molecule has 0 spiro atoms. The monoisotopic (exact) mass is 472 g/mol. The van der Waals surface area contributed by atoms with Crippen LogP contribution in [0.25, 0.3) is 11.3 Å². The number of hydrogen-bond acceptors (Lipinski definition) is 8. The Kier molecular flexibility index (Phi) is 7.44. The molecule has 0 aliphatic carbocycles. The van der Waals surface area contributed by atoms with Gasteiger partial charge in [0, 0.05) is 43.8 Å². The third-order valence-corrected chi connectivity index (χ3v) is 5.92. The number of carbonyl (C=O) groups is 1. The van der Waals surface area contributed by atoms with E-state index in [9.17, 15) is 23.3 Å². The highest BCUT2D eigenvalue weighted by molar-refractivity contribution is 7.90. The van der Waals surface area contributed by atoms with Gasteiger partial charge in [-0.2, -0.15) is 0 Å². The molecule has 1 amide bonds. The maximum atomic E-state index is 12.1. The zero-order valence-corrected chi connectivity index (χ0v) is 19.0. The minimum absolute atomic E-state index is 0.134. The second-order valence-corrected chi connectivity index (χ2v) is 9.48. The molecule has 0 saturated carbocycles. The van der Waals surface area contributed by atoms with Crippen molar-refractivity contribution in [3.8, 4) is 11.3 Å². The van der Waals surface area contributed by atoms with Gasteiger partial charge in [0.05, 0.1) is 16.0 Å². The van der Waals surface area contributed by atoms with Crippen LogP contribution >= 0.6 is 0 Å². The number of rotatable bonds is 10. The summed E-state index contributed by atoms with van der Waals surface area (Å²) in [5, 5.41) is 16.8. The molecule has 3 aromatic rings. The van der Waals surface area contributed by atoms with Crippen LogP contribution in [0.5, 0.6) is 0 Å². The lowest BCUT2D eigenvalue weighted by molar-refractivity contribution is -0.384. The SMILES string of the molecule is Cc1ccc(-c2cnc(CCC(=O)NCCNc3ccc(S(C)(=O)=O)cc3[N+](=O)[O-])o2)cc1. The fourth-order valence-electron chi connectivity index (χ4n) is 3.03. The molecule has 0 atom stereocenters. The number of anilines is 1. The van der Waals surface area contributed by atoms with Gasteiger partial charge < -0.3 is 15.1 Å². The number of nitro groups is 1. The molecule has 33 heavy (non-hydrogen) atoms. The standard InChI is InChI=1S/C22H24N4O6S/c1-15-3-5-16(6-4-15)20-14-25-22(32-20)10-9-21(27)24-12-11-23-18-8-7-17(33(2,30)31)13-19(18)26(28)29/h3-8,13-14,23H,9-12H2,1-2H3,(H,24,27). The van der Waals surface area contributed by atoms with E-state index in [0.29, 0.717) is 18.1 Å². The zero-order valence-electron chi connectivity index (χ0n) is 18.2. The fourth-order valence-corrected chi connectivity index (χ4v) is 3.67. The molecule has 0 fully saturated rings. The summed E-state index contributed by atoms with van der Waals surface area (Å²) in [4.78, 5) is 26.8. The van der Waals surface area contributed by atoms with E-state index < -0.39 is 14.8 Å². The number of amides is 1. The minimum Gasteiger partial charge on any atom is -0.441 e. The first kappa shape index (κ1) is 23.9. The third kappa shape index (κ3) is 6.62. The van der Waals surface area contributed by atoms with E-state index >= 15 is 0 Å². The van der Waals surface area contributed by atoms with Crippen LogP contribution in [0.15, 0.2) is 58.0 Å². The molecule has 3 rings (SSSR count). The van der Waals surface area contributed by atoms with Gasteiger partial charge >= 0.3 is 0 Å². The van der Waals surface area contributed by atoms with E-state index in [-0.39, 0.29) is 41.7 Å². The fraction of sp³-hybridized carbons (Fsp3) is 0.273. The van der Waals surface area contributed by atoms with Crippen LogP contribution in [0.1, 0.15) is 17.9 Å². The summed E-state index contributed by atoms with van der Waals surface area (Å²) >= 11 is 0. The number of nitrogens with one attached hydrogen (secondary N) is 2. The van der Waals surface area contributed by atoms with Crippen molar-refractivity contribution in [2.24, 2.45) is 0 Å². The van der Waals surface area contributed by atoms with Gasteiger partial charge in [-0.1, -0.05) is 29.8 Å². The number of nitro benzene ring substituents is 1. The maximum Gasteiger partial charge on any atom is 0.293 e. The van der Waals surface area contributed by atoms with Gasteiger partial charge in [0.15, 0.2) is 21.5 Å². The highest BCUT2D eigenvalue weighted by Gasteiger charge is 2.18. The second-order valence-electron chi connectivity index (χ2n) is 7.47. The molecule has 0 aliphatic rings. The van der Waals surface area contributed by atoms with Crippen molar-refractivity contribution in [2.75, 3.05) is 24.7 Å². The number of oxazole rings is 1. The van der Waals surface area contributed by atoms with Crippen LogP contribution in [-0.4, -0.2) is 43.6 Å². The predicted octanol–water partition coefficient (Wildman–Crippen LogP) is 3.12. The molecule has 1 aromatic heterocycles. The molecule has 0 radical (unpaired) electrons. The Bertz CT molecular complexity index is 1250. The van der Waals surface area contributed by atoms with Crippen LogP contribution in [-0.2, 0) is 21.1 Å². The van der Waals surface area contributed by atoms with Crippen LogP contribution in [0, 0.1) is 17.0 Å². The van der Waals surface area contributed by atoms with Gasteiger partial charge in [-0.05, 0) is 19.1 Å². The first-order valence-electron chi connectivity index (χ1n) is 10.1. The van der Waals surface area contributed by atoms with E-state index in [0.717, 1.165) is 23.4 Å². The first-order chi connectivity index (χ1) is 15.6. The van der Waals surface area contributed by atoms with E-state index in [2.05, 4.69) is 15.6 Å². The maximum absolute atomic E-state index is 12.1. The number of carbonyl (C=O) groups excluding carboxylic acids is 1. The van der Waals surface area contributed by atoms with E-state index in [1.807, 2.05) is 31.2 Å². The summed E-state index contributed by atoms with van der Waals surface area (Å²) in [7, 11) is -3.56. The highest BCUT2D eigenvalue weighted by Crippen LogP contribution is 2.27. The second kappa shape index (κ2) is 10.3. The quantitative estimate of drug-likeness (QED) is 0.260. The van der Waals surface area contributed by atoms with Crippen molar-refractivity contribution in [1.29, 1.82) is 0 Å². The smallest absolute Gasteiger partial charge is 0.293 e. The average molecular weight is 473 g/mol. The lowest BCUT2D eigenvalue weighted by Crippen LogP contribution is -2.29. The average Bonchev–Trinajstić information content (AvgIpc) is 3.24. The topological polar surface area (TPSA) is 144 Å². The number of hydrogen-bond donors (Lipinski definition) is 2.